The molecule has 0 unspecified atom stereocenters. The van der Waals surface area contributed by atoms with Gasteiger partial charge in [-0.2, -0.15) is 0 Å². The van der Waals surface area contributed by atoms with Gasteiger partial charge in [-0.15, -0.1) is 0 Å². The molecule has 1 aromatic carbocycles. The third kappa shape index (κ3) is 2.66. The summed E-state index contributed by atoms with van der Waals surface area (Å²) in [7, 11) is 0. The van der Waals surface area contributed by atoms with Crippen molar-refractivity contribution in [1.29, 1.82) is 0 Å². The number of para-hydroxylation sites is 2. The summed E-state index contributed by atoms with van der Waals surface area (Å²) in [5.41, 5.74) is 2.91. The number of benzene rings is 1. The largest absolute Gasteiger partial charge is 0.381 e. The highest BCUT2D eigenvalue weighted by Gasteiger charge is 2.13. The van der Waals surface area contributed by atoms with Crippen LogP contribution in [0.4, 0.5) is 0 Å². The van der Waals surface area contributed by atoms with Crippen molar-refractivity contribution in [2.24, 2.45) is 0 Å². The van der Waals surface area contributed by atoms with E-state index in [2.05, 4.69) is 15.3 Å². The lowest BCUT2D eigenvalue weighted by Gasteiger charge is -2.22. The third-order valence-electron chi connectivity index (χ3n) is 3.29. The molecule has 0 aliphatic carbocycles. The van der Waals surface area contributed by atoms with Crippen LogP contribution in [0, 0.1) is 0 Å². The molecule has 0 radical (unpaired) electrons. The van der Waals surface area contributed by atoms with Gasteiger partial charge >= 0.3 is 0 Å². The molecule has 1 aliphatic rings. The molecular formula is C14H17N3O. The van der Waals surface area contributed by atoms with Crippen molar-refractivity contribution >= 4 is 11.0 Å². The second-order valence-electron chi connectivity index (χ2n) is 4.62. The van der Waals surface area contributed by atoms with Crippen LogP contribution in [0.3, 0.4) is 0 Å². The Morgan fingerprint density at radius 2 is 1.94 bits per heavy atom. The maximum atomic E-state index is 5.34. The summed E-state index contributed by atoms with van der Waals surface area (Å²) in [5, 5.41) is 3.52. The Hall–Kier alpha value is -1.52. The molecule has 2 aromatic rings. The third-order valence-corrected chi connectivity index (χ3v) is 3.29. The molecule has 0 spiro atoms. The number of rotatable bonds is 3. The van der Waals surface area contributed by atoms with Gasteiger partial charge in [0.15, 0.2) is 0 Å². The molecule has 0 saturated carbocycles. The van der Waals surface area contributed by atoms with Crippen LogP contribution in [0.15, 0.2) is 30.5 Å². The van der Waals surface area contributed by atoms with E-state index in [1.807, 2.05) is 30.5 Å². The lowest BCUT2D eigenvalue weighted by atomic mass is 10.1. The summed E-state index contributed by atoms with van der Waals surface area (Å²) in [6.07, 6.45) is 4.02. The number of hydrogen-bond acceptors (Lipinski definition) is 4. The van der Waals surface area contributed by atoms with E-state index in [1.54, 1.807) is 0 Å². The highest BCUT2D eigenvalue weighted by molar-refractivity contribution is 5.73. The minimum atomic E-state index is 0.548. The molecule has 0 amide bonds. The van der Waals surface area contributed by atoms with Crippen molar-refractivity contribution in [1.82, 2.24) is 15.3 Å². The van der Waals surface area contributed by atoms with Crippen LogP contribution >= 0.6 is 0 Å². The zero-order valence-electron chi connectivity index (χ0n) is 10.3. The maximum Gasteiger partial charge on any atom is 0.0890 e. The van der Waals surface area contributed by atoms with Crippen LogP contribution in [0.25, 0.3) is 11.0 Å². The fourth-order valence-electron chi connectivity index (χ4n) is 2.23. The molecule has 1 aromatic heterocycles. The van der Waals surface area contributed by atoms with Gasteiger partial charge in [-0.1, -0.05) is 12.1 Å². The van der Waals surface area contributed by atoms with Gasteiger partial charge in [-0.05, 0) is 25.0 Å². The molecule has 1 N–H and O–H groups in total. The minimum absolute atomic E-state index is 0.548. The van der Waals surface area contributed by atoms with E-state index < -0.39 is 0 Å². The van der Waals surface area contributed by atoms with E-state index >= 15 is 0 Å². The van der Waals surface area contributed by atoms with E-state index in [0.29, 0.717) is 6.04 Å². The summed E-state index contributed by atoms with van der Waals surface area (Å²) >= 11 is 0. The molecule has 1 fully saturated rings. The summed E-state index contributed by atoms with van der Waals surface area (Å²) in [4.78, 5) is 9.02. The summed E-state index contributed by atoms with van der Waals surface area (Å²) in [5.74, 6) is 0. The first kappa shape index (κ1) is 11.6. The number of fused-ring (bicyclic) bond motifs is 1. The van der Waals surface area contributed by atoms with Crippen LogP contribution in [0.2, 0.25) is 0 Å². The molecule has 0 atom stereocenters. The molecule has 1 aliphatic heterocycles. The van der Waals surface area contributed by atoms with Gasteiger partial charge in [0.1, 0.15) is 0 Å². The normalized spacial score (nSPS) is 17.1. The van der Waals surface area contributed by atoms with Crippen molar-refractivity contribution in [3.8, 4) is 0 Å². The Labute approximate surface area is 106 Å². The van der Waals surface area contributed by atoms with E-state index in [4.69, 9.17) is 4.74 Å². The van der Waals surface area contributed by atoms with Crippen molar-refractivity contribution in [2.75, 3.05) is 13.2 Å². The number of nitrogens with one attached hydrogen (secondary N) is 1. The molecule has 2 heterocycles. The quantitative estimate of drug-likeness (QED) is 0.894. The van der Waals surface area contributed by atoms with Crippen LogP contribution in [-0.2, 0) is 11.3 Å². The second-order valence-corrected chi connectivity index (χ2v) is 4.62. The first-order chi connectivity index (χ1) is 8.92. The zero-order valence-corrected chi connectivity index (χ0v) is 10.3. The minimum Gasteiger partial charge on any atom is -0.381 e. The van der Waals surface area contributed by atoms with Gasteiger partial charge in [0.2, 0.25) is 0 Å². The van der Waals surface area contributed by atoms with Crippen LogP contribution < -0.4 is 5.32 Å². The summed E-state index contributed by atoms with van der Waals surface area (Å²) < 4.78 is 5.34. The summed E-state index contributed by atoms with van der Waals surface area (Å²) in [6, 6.07) is 8.51. The first-order valence-electron chi connectivity index (χ1n) is 6.43. The number of hydrogen-bond donors (Lipinski definition) is 1. The Bertz CT molecular complexity index is 523. The Morgan fingerprint density at radius 1 is 1.17 bits per heavy atom. The number of ether oxygens (including phenoxy) is 1. The predicted molar refractivity (Wildman–Crippen MR) is 70.2 cm³/mol. The molecule has 3 rings (SSSR count). The average Bonchev–Trinajstić information content (AvgIpc) is 2.46. The molecule has 4 nitrogen and oxygen atoms in total. The monoisotopic (exact) mass is 243 g/mol. The fourth-order valence-corrected chi connectivity index (χ4v) is 2.23. The van der Waals surface area contributed by atoms with Gasteiger partial charge in [0.25, 0.3) is 0 Å². The number of aromatic nitrogens is 2. The van der Waals surface area contributed by atoms with Crippen molar-refractivity contribution < 1.29 is 4.74 Å². The van der Waals surface area contributed by atoms with E-state index in [-0.39, 0.29) is 0 Å². The van der Waals surface area contributed by atoms with Gasteiger partial charge in [0.05, 0.1) is 22.9 Å². The fraction of sp³-hybridized carbons (Fsp3) is 0.429. The molecule has 1 saturated heterocycles. The Morgan fingerprint density at radius 3 is 2.78 bits per heavy atom. The lowest BCUT2D eigenvalue weighted by Crippen LogP contribution is -2.34. The topological polar surface area (TPSA) is 47.0 Å². The van der Waals surface area contributed by atoms with Gasteiger partial charge in [-0.25, -0.2) is 4.98 Å². The molecule has 4 heteroatoms. The van der Waals surface area contributed by atoms with E-state index in [1.165, 1.54) is 0 Å². The molecular weight excluding hydrogens is 226 g/mol. The van der Waals surface area contributed by atoms with Crippen LogP contribution in [0.1, 0.15) is 18.5 Å². The molecule has 94 valence electrons. The van der Waals surface area contributed by atoms with Crippen LogP contribution in [-0.4, -0.2) is 29.2 Å². The smallest absolute Gasteiger partial charge is 0.0890 e. The average molecular weight is 243 g/mol. The van der Waals surface area contributed by atoms with E-state index in [0.717, 1.165) is 49.3 Å². The second kappa shape index (κ2) is 5.42. The SMILES string of the molecule is c1ccc2nc(CNC3CCOCC3)cnc2c1. The standard InChI is InChI=1S/C14H17N3O/c1-2-4-14-13(3-1)16-10-12(17-14)9-15-11-5-7-18-8-6-11/h1-4,10-11,15H,5-9H2. The maximum absolute atomic E-state index is 5.34. The number of nitrogens with zero attached hydrogens (tertiary/aromatic N) is 2. The highest BCUT2D eigenvalue weighted by atomic mass is 16.5. The van der Waals surface area contributed by atoms with E-state index in [9.17, 15) is 0 Å². The molecule has 0 bridgehead atoms. The van der Waals surface area contributed by atoms with Gasteiger partial charge < -0.3 is 10.1 Å². The summed E-state index contributed by atoms with van der Waals surface area (Å²) in [6.45, 7) is 2.50. The lowest BCUT2D eigenvalue weighted by molar-refractivity contribution is 0.0775. The molecule has 18 heavy (non-hydrogen) atoms. The first-order valence-corrected chi connectivity index (χ1v) is 6.43. The Kier molecular flexibility index (Phi) is 3.48. The Balaban J connectivity index is 1.66. The predicted octanol–water partition coefficient (Wildman–Crippen LogP) is 1.90. The van der Waals surface area contributed by atoms with Gasteiger partial charge in [0, 0.05) is 25.8 Å². The van der Waals surface area contributed by atoms with Gasteiger partial charge in [-0.3, -0.25) is 4.98 Å². The van der Waals surface area contributed by atoms with Crippen molar-refractivity contribution in [3.05, 3.63) is 36.2 Å². The van der Waals surface area contributed by atoms with Crippen LogP contribution in [0.5, 0.6) is 0 Å². The van der Waals surface area contributed by atoms with Crippen molar-refractivity contribution in [3.63, 3.8) is 0 Å². The highest BCUT2D eigenvalue weighted by Crippen LogP contribution is 2.10. The van der Waals surface area contributed by atoms with Crippen molar-refractivity contribution in [2.45, 2.75) is 25.4 Å². The zero-order chi connectivity index (χ0) is 12.2.